The number of amides is 1. The van der Waals surface area contributed by atoms with Crippen LogP contribution in [-0.4, -0.2) is 27.5 Å². The van der Waals surface area contributed by atoms with Crippen LogP contribution in [0.25, 0.3) is 0 Å². The number of benzene rings is 1. The van der Waals surface area contributed by atoms with E-state index < -0.39 is 40.5 Å². The molecule has 1 aliphatic rings. The van der Waals surface area contributed by atoms with E-state index in [1.165, 1.54) is 33.3 Å². The van der Waals surface area contributed by atoms with Gasteiger partial charge >= 0.3 is 0 Å². The molecule has 0 saturated carbocycles. The van der Waals surface area contributed by atoms with Crippen LogP contribution in [-0.2, 0) is 0 Å². The number of phenols is 1. The molecule has 0 aliphatic carbocycles. The van der Waals surface area contributed by atoms with E-state index in [1.54, 1.807) is 11.4 Å². The number of rotatable bonds is 3. The summed E-state index contributed by atoms with van der Waals surface area (Å²) >= 11 is 7.47. The summed E-state index contributed by atoms with van der Waals surface area (Å²) in [5.41, 5.74) is -1.10. The molecular formula is C18H12ClF2N3O4S. The summed E-state index contributed by atoms with van der Waals surface area (Å²) in [5, 5.41) is 26.3. The number of halogens is 3. The standard InChI is InChI=1S/C18H12ClF2N3O4S/c19-9-4-6-29-17(9)13(8-1-2-10(20)12(21)15(8)26)24-7-22-18(28)14-16(27)11(25)3-5-23(14)24/h1-6,13,26-27H,7H2,(H,22,28). The van der Waals surface area contributed by atoms with Crippen molar-refractivity contribution in [2.45, 2.75) is 6.04 Å². The van der Waals surface area contributed by atoms with Crippen LogP contribution in [0.2, 0.25) is 5.02 Å². The first-order valence-electron chi connectivity index (χ1n) is 8.20. The molecule has 0 fully saturated rings. The van der Waals surface area contributed by atoms with Crippen LogP contribution in [0.15, 0.2) is 40.6 Å². The number of hydrogen-bond donors (Lipinski definition) is 3. The van der Waals surface area contributed by atoms with E-state index in [1.807, 2.05) is 0 Å². The van der Waals surface area contributed by atoms with Gasteiger partial charge in [-0.05, 0) is 23.6 Å². The first-order chi connectivity index (χ1) is 13.8. The number of nitrogens with one attached hydrogen (secondary N) is 1. The largest absolute Gasteiger partial charge is 0.504 e. The Labute approximate surface area is 171 Å². The van der Waals surface area contributed by atoms with E-state index >= 15 is 0 Å². The van der Waals surface area contributed by atoms with Crippen molar-refractivity contribution >= 4 is 28.8 Å². The van der Waals surface area contributed by atoms with Crippen molar-refractivity contribution in [2.75, 3.05) is 11.7 Å². The molecule has 0 bridgehead atoms. The van der Waals surface area contributed by atoms with E-state index in [9.17, 15) is 28.6 Å². The minimum Gasteiger partial charge on any atom is -0.504 e. The lowest BCUT2D eigenvalue weighted by atomic mass is 10.0. The molecule has 4 rings (SSSR count). The molecule has 0 radical (unpaired) electrons. The molecule has 1 atom stereocenters. The van der Waals surface area contributed by atoms with Crippen molar-refractivity contribution in [3.05, 3.63) is 78.9 Å². The van der Waals surface area contributed by atoms with Gasteiger partial charge < -0.3 is 15.5 Å². The van der Waals surface area contributed by atoms with Crippen LogP contribution in [0.1, 0.15) is 27.0 Å². The molecule has 1 unspecified atom stereocenters. The van der Waals surface area contributed by atoms with Crippen LogP contribution >= 0.6 is 22.9 Å². The first kappa shape index (κ1) is 19.2. The van der Waals surface area contributed by atoms with E-state index in [2.05, 4.69) is 5.32 Å². The monoisotopic (exact) mass is 439 g/mol. The smallest absolute Gasteiger partial charge is 0.275 e. The van der Waals surface area contributed by atoms with Crippen LogP contribution < -0.4 is 15.8 Å². The summed E-state index contributed by atoms with van der Waals surface area (Å²) in [5.74, 6) is -5.02. The summed E-state index contributed by atoms with van der Waals surface area (Å²) in [6.45, 7) is -0.133. The van der Waals surface area contributed by atoms with Crippen LogP contribution in [0, 0.1) is 11.6 Å². The van der Waals surface area contributed by atoms with Crippen LogP contribution in [0.3, 0.4) is 0 Å². The number of hydrogen-bond acceptors (Lipinski definition) is 6. The first-order valence-corrected chi connectivity index (χ1v) is 9.46. The van der Waals surface area contributed by atoms with Gasteiger partial charge in [0.2, 0.25) is 11.2 Å². The minimum absolute atomic E-state index is 0.0199. The van der Waals surface area contributed by atoms with Gasteiger partial charge in [0, 0.05) is 17.8 Å². The molecule has 150 valence electrons. The Morgan fingerprint density at radius 1 is 1.14 bits per heavy atom. The number of nitrogens with zero attached hydrogens (tertiary/aromatic N) is 2. The zero-order chi connectivity index (χ0) is 20.9. The maximum Gasteiger partial charge on any atom is 0.275 e. The highest BCUT2D eigenvalue weighted by atomic mass is 35.5. The lowest BCUT2D eigenvalue weighted by Gasteiger charge is -2.39. The Kier molecular flexibility index (Phi) is 4.67. The second kappa shape index (κ2) is 7.05. The average molecular weight is 440 g/mol. The fourth-order valence-corrected chi connectivity index (χ4v) is 4.47. The number of thiophene rings is 1. The number of carbonyl (C=O) groups excluding carboxylic acids is 1. The van der Waals surface area contributed by atoms with Gasteiger partial charge in [-0.2, -0.15) is 4.39 Å². The molecule has 3 N–H and O–H groups in total. The summed E-state index contributed by atoms with van der Waals surface area (Å²) in [6.07, 6.45) is 1.27. The Morgan fingerprint density at radius 3 is 2.59 bits per heavy atom. The minimum atomic E-state index is -1.43. The summed E-state index contributed by atoms with van der Waals surface area (Å²) in [7, 11) is 0. The highest BCUT2D eigenvalue weighted by Crippen LogP contribution is 2.41. The van der Waals surface area contributed by atoms with Gasteiger partial charge in [0.25, 0.3) is 5.91 Å². The van der Waals surface area contributed by atoms with Crippen molar-refractivity contribution in [3.63, 3.8) is 0 Å². The maximum atomic E-state index is 14.1. The number of carbonyl (C=O) groups is 1. The summed E-state index contributed by atoms with van der Waals surface area (Å²) in [4.78, 5) is 24.5. The fraction of sp³-hybridized carbons (Fsp3) is 0.111. The van der Waals surface area contributed by atoms with E-state index in [4.69, 9.17) is 11.6 Å². The predicted molar refractivity (Wildman–Crippen MR) is 102 cm³/mol. The van der Waals surface area contributed by atoms with Crippen LogP contribution in [0.4, 0.5) is 8.78 Å². The molecule has 1 amide bonds. The fourth-order valence-electron chi connectivity index (χ4n) is 3.18. The van der Waals surface area contributed by atoms with Gasteiger partial charge in [-0.1, -0.05) is 11.6 Å². The Bertz CT molecular complexity index is 1200. The van der Waals surface area contributed by atoms with Crippen LogP contribution in [0.5, 0.6) is 11.5 Å². The molecule has 11 heteroatoms. The molecule has 1 aliphatic heterocycles. The molecular weight excluding hydrogens is 428 g/mol. The molecule has 7 nitrogen and oxygen atoms in total. The molecule has 2 aromatic heterocycles. The van der Waals surface area contributed by atoms with Gasteiger partial charge in [0.15, 0.2) is 23.0 Å². The molecule has 0 saturated heterocycles. The third kappa shape index (κ3) is 3.00. The predicted octanol–water partition coefficient (Wildman–Crippen LogP) is 2.68. The zero-order valence-corrected chi connectivity index (χ0v) is 16.0. The zero-order valence-electron chi connectivity index (χ0n) is 14.4. The number of pyridine rings is 1. The third-order valence-corrected chi connectivity index (χ3v) is 5.94. The topological polar surface area (TPSA) is 94.8 Å². The summed E-state index contributed by atoms with van der Waals surface area (Å²) in [6, 6.07) is 3.75. The second-order valence-electron chi connectivity index (χ2n) is 6.16. The van der Waals surface area contributed by atoms with Gasteiger partial charge in [-0.3, -0.25) is 19.3 Å². The molecule has 1 aromatic carbocycles. The van der Waals surface area contributed by atoms with Crippen molar-refractivity contribution in [1.29, 1.82) is 0 Å². The molecule has 0 spiro atoms. The van der Waals surface area contributed by atoms with Gasteiger partial charge in [-0.25, -0.2) is 4.39 Å². The quantitative estimate of drug-likeness (QED) is 0.583. The Hall–Kier alpha value is -3.11. The maximum absolute atomic E-state index is 14.1. The van der Waals surface area contributed by atoms with Crippen molar-refractivity contribution in [3.8, 4) is 11.5 Å². The van der Waals surface area contributed by atoms with Gasteiger partial charge in [0.05, 0.1) is 9.90 Å². The highest BCUT2D eigenvalue weighted by Gasteiger charge is 2.35. The Morgan fingerprint density at radius 2 is 1.90 bits per heavy atom. The van der Waals surface area contributed by atoms with Gasteiger partial charge in [-0.15, -0.1) is 11.3 Å². The van der Waals surface area contributed by atoms with E-state index in [0.29, 0.717) is 9.90 Å². The second-order valence-corrected chi connectivity index (χ2v) is 7.51. The molecule has 29 heavy (non-hydrogen) atoms. The molecule has 3 aromatic rings. The highest BCUT2D eigenvalue weighted by molar-refractivity contribution is 7.10. The number of aromatic nitrogens is 1. The SMILES string of the molecule is O=C1NCN(C(c2ccc(F)c(F)c2O)c2sccc2Cl)n2ccc(=O)c(O)c21. The van der Waals surface area contributed by atoms with E-state index in [-0.39, 0.29) is 17.9 Å². The molecule has 3 heterocycles. The Balaban J connectivity index is 1.98. The van der Waals surface area contributed by atoms with Crippen molar-refractivity contribution in [2.24, 2.45) is 0 Å². The number of aromatic hydroxyl groups is 2. The average Bonchev–Trinajstić information content (AvgIpc) is 3.11. The number of phenolic OH excluding ortho intramolecular Hbond substituents is 1. The summed E-state index contributed by atoms with van der Waals surface area (Å²) < 4.78 is 28.9. The van der Waals surface area contributed by atoms with Crippen molar-refractivity contribution < 1.29 is 23.8 Å². The lowest BCUT2D eigenvalue weighted by Crippen LogP contribution is -2.53. The lowest BCUT2D eigenvalue weighted by molar-refractivity contribution is 0.0915. The number of fused-ring (bicyclic) bond motifs is 1. The normalized spacial score (nSPS) is 14.4. The van der Waals surface area contributed by atoms with Gasteiger partial charge in [0.1, 0.15) is 12.7 Å². The van der Waals surface area contributed by atoms with E-state index in [0.717, 1.165) is 12.1 Å². The van der Waals surface area contributed by atoms with Crippen molar-refractivity contribution in [1.82, 2.24) is 9.99 Å². The third-order valence-electron chi connectivity index (χ3n) is 4.53.